The number of hydrogen-bond acceptors (Lipinski definition) is 4. The second-order valence-electron chi connectivity index (χ2n) is 3.04. The molecule has 2 rings (SSSR count). The topological polar surface area (TPSA) is 43.0 Å². The van der Waals surface area contributed by atoms with E-state index in [9.17, 15) is 0 Å². The van der Waals surface area contributed by atoms with Gasteiger partial charge in [0.2, 0.25) is 0 Å². The smallest absolute Gasteiger partial charge is 0.255 e. The maximum absolute atomic E-state index is 7.04. The zero-order chi connectivity index (χ0) is 12.3. The Balaban J connectivity index is 2.59. The minimum atomic E-state index is 0.186. The average Bonchev–Trinajstić information content (AvgIpc) is 2.38. The molecule has 2 heterocycles. The predicted octanol–water partition coefficient (Wildman–Crippen LogP) is 3.46. The predicted molar refractivity (Wildman–Crippen MR) is 68.3 cm³/mol. The Bertz CT molecular complexity index is 580. The molecule has 0 atom stereocenters. The van der Waals surface area contributed by atoms with Gasteiger partial charge in [-0.15, -0.1) is 11.8 Å². The van der Waals surface area contributed by atoms with Gasteiger partial charge in [-0.1, -0.05) is 11.6 Å². The van der Waals surface area contributed by atoms with Gasteiger partial charge in [-0.3, -0.25) is 4.98 Å². The third-order valence-corrected chi connectivity index (χ3v) is 2.99. The van der Waals surface area contributed by atoms with Crippen molar-refractivity contribution in [3.8, 4) is 11.4 Å². The van der Waals surface area contributed by atoms with Gasteiger partial charge >= 0.3 is 0 Å². The van der Waals surface area contributed by atoms with E-state index < -0.39 is 0 Å². The minimum absolute atomic E-state index is 0.186. The van der Waals surface area contributed by atoms with E-state index >= 15 is 0 Å². The van der Waals surface area contributed by atoms with Crippen molar-refractivity contribution in [1.82, 2.24) is 15.0 Å². The van der Waals surface area contributed by atoms with E-state index in [2.05, 4.69) is 19.8 Å². The molecule has 0 bridgehead atoms. The molecule has 0 saturated carbocycles. The summed E-state index contributed by atoms with van der Waals surface area (Å²) in [7, 11) is 0. The SMILES string of the molecule is [C-]#[N+]c1c(Cl)nc(-c2ccncc2)nc1SC. The Labute approximate surface area is 108 Å². The summed E-state index contributed by atoms with van der Waals surface area (Å²) in [5, 5.41) is 0.776. The Morgan fingerprint density at radius 3 is 2.59 bits per heavy atom. The molecule has 6 heteroatoms. The van der Waals surface area contributed by atoms with E-state index in [-0.39, 0.29) is 5.15 Å². The van der Waals surface area contributed by atoms with Gasteiger partial charge in [-0.2, -0.15) is 0 Å². The molecule has 0 aromatic carbocycles. The maximum atomic E-state index is 7.04. The fourth-order valence-electron chi connectivity index (χ4n) is 1.27. The van der Waals surface area contributed by atoms with Crippen LogP contribution in [0.25, 0.3) is 16.2 Å². The number of thioether (sulfide) groups is 1. The molecule has 0 radical (unpaired) electrons. The second-order valence-corrected chi connectivity index (χ2v) is 4.20. The fraction of sp³-hybridized carbons (Fsp3) is 0.0909. The zero-order valence-corrected chi connectivity index (χ0v) is 10.5. The lowest BCUT2D eigenvalue weighted by Crippen LogP contribution is -1.92. The first kappa shape index (κ1) is 11.8. The van der Waals surface area contributed by atoms with Crippen LogP contribution in [-0.4, -0.2) is 21.2 Å². The molecule has 84 valence electrons. The van der Waals surface area contributed by atoms with Crippen molar-refractivity contribution in [1.29, 1.82) is 0 Å². The van der Waals surface area contributed by atoms with E-state index in [1.165, 1.54) is 11.8 Å². The van der Waals surface area contributed by atoms with Gasteiger partial charge in [0.25, 0.3) is 5.69 Å². The van der Waals surface area contributed by atoms with Crippen molar-refractivity contribution >= 4 is 29.1 Å². The highest BCUT2D eigenvalue weighted by atomic mass is 35.5. The summed E-state index contributed by atoms with van der Waals surface area (Å²) in [4.78, 5) is 15.7. The number of rotatable bonds is 2. The molecule has 2 aromatic heterocycles. The summed E-state index contributed by atoms with van der Waals surface area (Å²) < 4.78 is 0. The Morgan fingerprint density at radius 1 is 1.29 bits per heavy atom. The first-order valence-corrected chi connectivity index (χ1v) is 6.26. The van der Waals surface area contributed by atoms with Crippen LogP contribution in [0, 0.1) is 6.57 Å². The van der Waals surface area contributed by atoms with Crippen LogP contribution >= 0.6 is 23.4 Å². The van der Waals surface area contributed by atoms with Gasteiger partial charge < -0.3 is 0 Å². The van der Waals surface area contributed by atoms with Crippen LogP contribution in [0.1, 0.15) is 0 Å². The van der Waals surface area contributed by atoms with Crippen LogP contribution in [-0.2, 0) is 0 Å². The lowest BCUT2D eigenvalue weighted by atomic mass is 10.2. The molecule has 0 aliphatic carbocycles. The maximum Gasteiger partial charge on any atom is 0.255 e. The number of hydrogen-bond donors (Lipinski definition) is 0. The highest BCUT2D eigenvalue weighted by Gasteiger charge is 2.13. The molecule has 4 nitrogen and oxygen atoms in total. The van der Waals surface area contributed by atoms with Gasteiger partial charge in [-0.05, 0) is 18.4 Å². The van der Waals surface area contributed by atoms with Crippen LogP contribution in [0.2, 0.25) is 5.15 Å². The summed E-state index contributed by atoms with van der Waals surface area (Å²) in [6.07, 6.45) is 5.17. The first-order valence-electron chi connectivity index (χ1n) is 4.65. The summed E-state index contributed by atoms with van der Waals surface area (Å²) in [5.41, 5.74) is 1.13. The van der Waals surface area contributed by atoms with Crippen LogP contribution in [0.3, 0.4) is 0 Å². The van der Waals surface area contributed by atoms with Crippen molar-refractivity contribution in [3.05, 3.63) is 41.1 Å². The third kappa shape index (κ3) is 2.38. The number of nitrogens with zero attached hydrogens (tertiary/aromatic N) is 4. The molecule has 0 saturated heterocycles. The van der Waals surface area contributed by atoms with Crippen LogP contribution < -0.4 is 0 Å². The molecule has 17 heavy (non-hydrogen) atoms. The normalized spacial score (nSPS) is 9.94. The van der Waals surface area contributed by atoms with E-state index in [1.807, 2.05) is 6.26 Å². The van der Waals surface area contributed by atoms with Crippen molar-refractivity contribution in [3.63, 3.8) is 0 Å². The Hall–Kier alpha value is -1.64. The van der Waals surface area contributed by atoms with Crippen molar-refractivity contribution in [2.45, 2.75) is 5.03 Å². The third-order valence-electron chi connectivity index (χ3n) is 2.05. The molecule has 0 aliphatic rings. The molecule has 0 fully saturated rings. The Kier molecular flexibility index (Phi) is 3.57. The van der Waals surface area contributed by atoms with E-state index in [0.717, 1.165) is 5.56 Å². The number of halogens is 1. The van der Waals surface area contributed by atoms with E-state index in [1.54, 1.807) is 24.5 Å². The van der Waals surface area contributed by atoms with Gasteiger partial charge in [0, 0.05) is 18.0 Å². The monoisotopic (exact) mass is 262 g/mol. The summed E-state index contributed by atoms with van der Waals surface area (Å²) >= 11 is 7.35. The average molecular weight is 263 g/mol. The van der Waals surface area contributed by atoms with Crippen LogP contribution in [0.15, 0.2) is 29.6 Å². The van der Waals surface area contributed by atoms with Crippen LogP contribution in [0.5, 0.6) is 0 Å². The molecular weight excluding hydrogens is 256 g/mol. The molecule has 0 amide bonds. The second kappa shape index (κ2) is 5.13. The fourth-order valence-corrected chi connectivity index (χ4v) is 2.06. The van der Waals surface area contributed by atoms with Crippen molar-refractivity contribution in [2.24, 2.45) is 0 Å². The molecule has 0 spiro atoms. The zero-order valence-electron chi connectivity index (χ0n) is 8.88. The van der Waals surface area contributed by atoms with Gasteiger partial charge in [0.15, 0.2) is 5.82 Å². The summed E-state index contributed by atoms with van der Waals surface area (Å²) in [5.74, 6) is 0.508. The lowest BCUT2D eigenvalue weighted by Gasteiger charge is -2.05. The molecular formula is C11H7ClN4S. The highest BCUT2D eigenvalue weighted by Crippen LogP contribution is 2.34. The van der Waals surface area contributed by atoms with E-state index in [0.29, 0.717) is 16.5 Å². The largest absolute Gasteiger partial charge is 0.265 e. The molecule has 0 unspecified atom stereocenters. The lowest BCUT2D eigenvalue weighted by molar-refractivity contribution is 1.07. The van der Waals surface area contributed by atoms with Gasteiger partial charge in [-0.25, -0.2) is 14.8 Å². The molecule has 2 aromatic rings. The van der Waals surface area contributed by atoms with Crippen LogP contribution in [0.4, 0.5) is 5.69 Å². The first-order chi connectivity index (χ1) is 8.26. The van der Waals surface area contributed by atoms with Crippen molar-refractivity contribution in [2.75, 3.05) is 6.26 Å². The molecule has 0 N–H and O–H groups in total. The number of pyridine rings is 1. The summed E-state index contributed by atoms with van der Waals surface area (Å²) in [6.45, 7) is 7.04. The van der Waals surface area contributed by atoms with E-state index in [4.69, 9.17) is 18.2 Å². The Morgan fingerprint density at radius 2 is 2.00 bits per heavy atom. The van der Waals surface area contributed by atoms with Gasteiger partial charge in [0.1, 0.15) is 10.2 Å². The molecule has 0 aliphatic heterocycles. The standard InChI is InChI=1S/C11H7ClN4S/c1-13-8-9(12)15-10(16-11(8)17-2)7-3-5-14-6-4-7/h3-6H,2H3. The number of aromatic nitrogens is 3. The highest BCUT2D eigenvalue weighted by molar-refractivity contribution is 7.98. The van der Waals surface area contributed by atoms with Gasteiger partial charge in [0.05, 0.1) is 6.57 Å². The quantitative estimate of drug-likeness (QED) is 0.472. The minimum Gasteiger partial charge on any atom is -0.265 e. The summed E-state index contributed by atoms with van der Waals surface area (Å²) in [6, 6.07) is 3.60. The van der Waals surface area contributed by atoms with Crippen molar-refractivity contribution < 1.29 is 0 Å².